The fourth-order valence-corrected chi connectivity index (χ4v) is 1.97. The predicted octanol–water partition coefficient (Wildman–Crippen LogP) is 2.76. The minimum atomic E-state index is 0.0356. The van der Waals surface area contributed by atoms with Crippen molar-refractivity contribution in [2.45, 2.75) is 6.04 Å². The largest absolute Gasteiger partial charge is 0.473 e. The van der Waals surface area contributed by atoms with Gasteiger partial charge in [-0.25, -0.2) is 15.0 Å². The standard InChI is InChI=1S/C13H10BrN3O/c14-10-6-15-12(16-7-10)13-17-11(8-18-13)9-4-2-1-3-5-9/h1-7,11H,8H2/t11-/m0/s1. The molecule has 1 aliphatic heterocycles. The minimum absolute atomic E-state index is 0.0356. The molecule has 0 bridgehead atoms. The molecule has 0 amide bonds. The normalized spacial score (nSPS) is 18.3. The molecule has 4 nitrogen and oxygen atoms in total. The number of hydrogen-bond acceptors (Lipinski definition) is 4. The zero-order chi connectivity index (χ0) is 12.4. The van der Waals surface area contributed by atoms with Gasteiger partial charge in [-0.1, -0.05) is 30.3 Å². The average molecular weight is 304 g/mol. The van der Waals surface area contributed by atoms with Crippen molar-refractivity contribution in [3.63, 3.8) is 0 Å². The molecule has 1 aromatic heterocycles. The van der Waals surface area contributed by atoms with Crippen LogP contribution in [0.3, 0.4) is 0 Å². The van der Waals surface area contributed by atoms with Gasteiger partial charge >= 0.3 is 0 Å². The summed E-state index contributed by atoms with van der Waals surface area (Å²) in [5, 5.41) is 0. The van der Waals surface area contributed by atoms with Crippen LogP contribution in [0.2, 0.25) is 0 Å². The second-order valence-electron chi connectivity index (χ2n) is 3.90. The highest BCUT2D eigenvalue weighted by molar-refractivity contribution is 9.10. The van der Waals surface area contributed by atoms with E-state index in [0.29, 0.717) is 18.3 Å². The van der Waals surface area contributed by atoms with Crippen molar-refractivity contribution < 1.29 is 4.74 Å². The molecular formula is C13H10BrN3O. The van der Waals surface area contributed by atoms with E-state index in [-0.39, 0.29) is 6.04 Å². The molecule has 1 aromatic carbocycles. The SMILES string of the molecule is Brc1cnc(C2=N[C@H](c3ccccc3)CO2)nc1. The summed E-state index contributed by atoms with van der Waals surface area (Å²) in [6.07, 6.45) is 3.37. The Hall–Kier alpha value is -1.75. The summed E-state index contributed by atoms with van der Waals surface area (Å²) < 4.78 is 6.39. The van der Waals surface area contributed by atoms with E-state index in [4.69, 9.17) is 4.74 Å². The van der Waals surface area contributed by atoms with Crippen LogP contribution in [0.4, 0.5) is 0 Å². The van der Waals surface area contributed by atoms with Crippen LogP contribution in [-0.2, 0) is 4.74 Å². The molecule has 3 rings (SSSR count). The number of hydrogen-bond donors (Lipinski definition) is 0. The molecule has 0 saturated heterocycles. The maximum absolute atomic E-state index is 5.56. The number of nitrogens with zero attached hydrogens (tertiary/aromatic N) is 3. The third-order valence-electron chi connectivity index (χ3n) is 2.65. The van der Waals surface area contributed by atoms with E-state index in [1.165, 1.54) is 0 Å². The monoisotopic (exact) mass is 303 g/mol. The lowest BCUT2D eigenvalue weighted by molar-refractivity contribution is 0.318. The Morgan fingerprint density at radius 1 is 1.11 bits per heavy atom. The third-order valence-corrected chi connectivity index (χ3v) is 3.06. The Morgan fingerprint density at radius 2 is 1.83 bits per heavy atom. The van der Waals surface area contributed by atoms with Gasteiger partial charge in [0.25, 0.3) is 5.90 Å². The van der Waals surface area contributed by atoms with Gasteiger partial charge in [-0.15, -0.1) is 0 Å². The van der Waals surface area contributed by atoms with Crippen molar-refractivity contribution in [2.24, 2.45) is 4.99 Å². The molecule has 0 saturated carbocycles. The van der Waals surface area contributed by atoms with Crippen LogP contribution >= 0.6 is 15.9 Å². The van der Waals surface area contributed by atoms with E-state index in [1.807, 2.05) is 30.3 Å². The molecule has 1 atom stereocenters. The Bertz CT molecular complexity index is 569. The molecule has 90 valence electrons. The Balaban J connectivity index is 1.86. The van der Waals surface area contributed by atoms with Crippen molar-refractivity contribution in [3.05, 3.63) is 58.6 Å². The topological polar surface area (TPSA) is 47.4 Å². The number of ether oxygens (including phenoxy) is 1. The molecule has 5 heteroatoms. The summed E-state index contributed by atoms with van der Waals surface area (Å²) in [6.45, 7) is 0.540. The lowest BCUT2D eigenvalue weighted by Gasteiger charge is -2.03. The van der Waals surface area contributed by atoms with Crippen molar-refractivity contribution >= 4 is 21.8 Å². The van der Waals surface area contributed by atoms with E-state index in [2.05, 4.69) is 30.9 Å². The summed E-state index contributed by atoms with van der Waals surface area (Å²) >= 11 is 3.30. The summed E-state index contributed by atoms with van der Waals surface area (Å²) in [5.74, 6) is 1.04. The quantitative estimate of drug-likeness (QED) is 0.857. The van der Waals surface area contributed by atoms with E-state index in [0.717, 1.165) is 10.0 Å². The molecule has 0 N–H and O–H groups in total. The summed E-state index contributed by atoms with van der Waals surface area (Å²) in [5.41, 5.74) is 1.14. The summed E-state index contributed by atoms with van der Waals surface area (Å²) in [4.78, 5) is 12.9. The van der Waals surface area contributed by atoms with Crippen molar-refractivity contribution in [2.75, 3.05) is 6.61 Å². The number of benzene rings is 1. The van der Waals surface area contributed by atoms with Crippen LogP contribution in [0, 0.1) is 0 Å². The molecule has 1 aliphatic rings. The van der Waals surface area contributed by atoms with E-state index in [1.54, 1.807) is 12.4 Å². The lowest BCUT2D eigenvalue weighted by Crippen LogP contribution is -2.06. The van der Waals surface area contributed by atoms with Gasteiger partial charge in [0.1, 0.15) is 12.6 Å². The van der Waals surface area contributed by atoms with Gasteiger partial charge in [-0.05, 0) is 21.5 Å². The Kier molecular flexibility index (Phi) is 3.06. The zero-order valence-corrected chi connectivity index (χ0v) is 11.0. The van der Waals surface area contributed by atoms with Crippen molar-refractivity contribution in [3.8, 4) is 0 Å². The fourth-order valence-electron chi connectivity index (χ4n) is 1.76. The molecule has 0 aliphatic carbocycles. The van der Waals surface area contributed by atoms with Gasteiger partial charge in [0, 0.05) is 12.4 Å². The van der Waals surface area contributed by atoms with Gasteiger partial charge in [0.15, 0.2) is 0 Å². The van der Waals surface area contributed by atoms with Crippen molar-refractivity contribution in [1.82, 2.24) is 9.97 Å². The van der Waals surface area contributed by atoms with E-state index < -0.39 is 0 Å². The summed E-state index contributed by atoms with van der Waals surface area (Å²) in [6, 6.07) is 10.1. The van der Waals surface area contributed by atoms with E-state index in [9.17, 15) is 0 Å². The van der Waals surface area contributed by atoms with Gasteiger partial charge in [0.2, 0.25) is 5.82 Å². The van der Waals surface area contributed by atoms with Crippen LogP contribution in [0.5, 0.6) is 0 Å². The molecule has 0 unspecified atom stereocenters. The molecule has 0 spiro atoms. The molecule has 0 radical (unpaired) electrons. The molecular weight excluding hydrogens is 294 g/mol. The first kappa shape index (κ1) is 11.3. The third kappa shape index (κ3) is 2.26. The molecule has 2 aromatic rings. The fraction of sp³-hybridized carbons (Fsp3) is 0.154. The number of halogens is 1. The first-order valence-electron chi connectivity index (χ1n) is 5.56. The van der Waals surface area contributed by atoms with Gasteiger partial charge in [0.05, 0.1) is 4.47 Å². The average Bonchev–Trinajstić information content (AvgIpc) is 2.90. The van der Waals surface area contributed by atoms with E-state index >= 15 is 0 Å². The number of rotatable bonds is 2. The Labute approximate surface area is 113 Å². The second kappa shape index (κ2) is 4.86. The first-order valence-corrected chi connectivity index (χ1v) is 6.36. The highest BCUT2D eigenvalue weighted by Gasteiger charge is 2.22. The van der Waals surface area contributed by atoms with Gasteiger partial charge < -0.3 is 4.74 Å². The minimum Gasteiger partial charge on any atom is -0.473 e. The van der Waals surface area contributed by atoms with Crippen LogP contribution < -0.4 is 0 Å². The van der Waals surface area contributed by atoms with Crippen LogP contribution in [0.25, 0.3) is 0 Å². The molecule has 0 fully saturated rings. The van der Waals surface area contributed by atoms with Crippen LogP contribution in [-0.4, -0.2) is 22.5 Å². The second-order valence-corrected chi connectivity index (χ2v) is 4.81. The molecule has 2 heterocycles. The van der Waals surface area contributed by atoms with Crippen LogP contribution in [0.1, 0.15) is 17.4 Å². The summed E-state index contributed by atoms with van der Waals surface area (Å²) in [7, 11) is 0. The van der Waals surface area contributed by atoms with Crippen molar-refractivity contribution in [1.29, 1.82) is 0 Å². The van der Waals surface area contributed by atoms with Gasteiger partial charge in [-0.3, -0.25) is 0 Å². The Morgan fingerprint density at radius 3 is 2.56 bits per heavy atom. The smallest absolute Gasteiger partial charge is 0.255 e. The first-order chi connectivity index (χ1) is 8.83. The van der Waals surface area contributed by atoms with Crippen LogP contribution in [0.15, 0.2) is 52.2 Å². The van der Waals surface area contributed by atoms with Gasteiger partial charge in [-0.2, -0.15) is 0 Å². The highest BCUT2D eigenvalue weighted by Crippen LogP contribution is 2.23. The zero-order valence-electron chi connectivity index (χ0n) is 9.45. The maximum atomic E-state index is 5.56. The number of aliphatic imine (C=N–C) groups is 1. The predicted molar refractivity (Wildman–Crippen MR) is 71.4 cm³/mol. The molecule has 18 heavy (non-hydrogen) atoms. The lowest BCUT2D eigenvalue weighted by atomic mass is 10.1. The number of aromatic nitrogens is 2. The highest BCUT2D eigenvalue weighted by atomic mass is 79.9. The maximum Gasteiger partial charge on any atom is 0.255 e.